The van der Waals surface area contributed by atoms with E-state index in [2.05, 4.69) is 5.32 Å². The molecule has 0 saturated carbocycles. The standard InChI is InChI=1S/C12H17F3N2S/c1-11(2,18-3)7-17-10-5-4-8(6-9(10)16)12(13,14)15/h4-6,17H,7,16H2,1-3H3. The van der Waals surface area contributed by atoms with E-state index < -0.39 is 11.7 Å². The number of hydrogen-bond donors (Lipinski definition) is 2. The molecule has 0 spiro atoms. The third-order valence-electron chi connectivity index (χ3n) is 2.64. The Morgan fingerprint density at radius 2 is 1.89 bits per heavy atom. The zero-order chi connectivity index (χ0) is 14.0. The van der Waals surface area contributed by atoms with Gasteiger partial charge >= 0.3 is 6.18 Å². The molecule has 6 heteroatoms. The van der Waals surface area contributed by atoms with Crippen LogP contribution in [0, 0.1) is 0 Å². The van der Waals surface area contributed by atoms with Gasteiger partial charge in [-0.05, 0) is 38.3 Å². The van der Waals surface area contributed by atoms with Gasteiger partial charge in [0.2, 0.25) is 0 Å². The molecule has 0 atom stereocenters. The maximum atomic E-state index is 12.4. The first-order valence-corrected chi connectivity index (χ1v) is 6.64. The van der Waals surface area contributed by atoms with Gasteiger partial charge in [-0.15, -0.1) is 0 Å². The number of thioether (sulfide) groups is 1. The van der Waals surface area contributed by atoms with Crippen LogP contribution in [0.3, 0.4) is 0 Å². The lowest BCUT2D eigenvalue weighted by Crippen LogP contribution is -2.26. The quantitative estimate of drug-likeness (QED) is 0.822. The van der Waals surface area contributed by atoms with Gasteiger partial charge in [0.25, 0.3) is 0 Å². The zero-order valence-electron chi connectivity index (χ0n) is 10.6. The van der Waals surface area contributed by atoms with Crippen LogP contribution in [-0.2, 0) is 6.18 Å². The first-order chi connectivity index (χ1) is 8.15. The second-order valence-corrected chi connectivity index (χ2v) is 6.13. The number of anilines is 2. The van der Waals surface area contributed by atoms with Crippen molar-refractivity contribution in [3.05, 3.63) is 23.8 Å². The summed E-state index contributed by atoms with van der Waals surface area (Å²) in [6, 6.07) is 3.35. The van der Waals surface area contributed by atoms with Crippen molar-refractivity contribution in [1.82, 2.24) is 0 Å². The summed E-state index contributed by atoms with van der Waals surface area (Å²) < 4.78 is 37.3. The molecule has 0 saturated heterocycles. The number of alkyl halides is 3. The Hall–Kier alpha value is -1.04. The Balaban J connectivity index is 2.81. The number of halogens is 3. The van der Waals surface area contributed by atoms with Crippen molar-refractivity contribution >= 4 is 23.1 Å². The van der Waals surface area contributed by atoms with Crippen LogP contribution in [-0.4, -0.2) is 17.5 Å². The third kappa shape index (κ3) is 4.01. The summed E-state index contributed by atoms with van der Waals surface area (Å²) in [5, 5.41) is 3.07. The lowest BCUT2D eigenvalue weighted by molar-refractivity contribution is -0.137. The largest absolute Gasteiger partial charge is 0.416 e. The van der Waals surface area contributed by atoms with E-state index in [1.54, 1.807) is 11.8 Å². The van der Waals surface area contributed by atoms with Crippen LogP contribution in [0.5, 0.6) is 0 Å². The molecule has 102 valence electrons. The van der Waals surface area contributed by atoms with Crippen LogP contribution in [0.15, 0.2) is 18.2 Å². The molecular weight excluding hydrogens is 261 g/mol. The molecule has 0 fully saturated rings. The number of nitrogen functional groups attached to an aromatic ring is 1. The Morgan fingerprint density at radius 3 is 2.33 bits per heavy atom. The fraction of sp³-hybridized carbons (Fsp3) is 0.500. The van der Waals surface area contributed by atoms with Crippen LogP contribution in [0.1, 0.15) is 19.4 Å². The molecule has 18 heavy (non-hydrogen) atoms. The summed E-state index contributed by atoms with van der Waals surface area (Å²) in [7, 11) is 0. The number of nitrogens with one attached hydrogen (secondary N) is 1. The molecule has 0 aromatic heterocycles. The van der Waals surface area contributed by atoms with E-state index in [4.69, 9.17) is 5.73 Å². The number of hydrogen-bond acceptors (Lipinski definition) is 3. The van der Waals surface area contributed by atoms with E-state index in [1.165, 1.54) is 6.07 Å². The van der Waals surface area contributed by atoms with Crippen LogP contribution in [0.25, 0.3) is 0 Å². The smallest absolute Gasteiger partial charge is 0.397 e. The average molecular weight is 278 g/mol. The molecule has 0 bridgehead atoms. The summed E-state index contributed by atoms with van der Waals surface area (Å²) in [5.41, 5.74) is 5.54. The van der Waals surface area contributed by atoms with E-state index in [0.717, 1.165) is 12.1 Å². The van der Waals surface area contributed by atoms with Crippen molar-refractivity contribution in [1.29, 1.82) is 0 Å². The van der Waals surface area contributed by atoms with E-state index in [9.17, 15) is 13.2 Å². The Bertz CT molecular complexity index is 416. The lowest BCUT2D eigenvalue weighted by atomic mass is 10.1. The number of nitrogens with two attached hydrogens (primary N) is 1. The minimum absolute atomic E-state index is 0.00482. The number of rotatable bonds is 4. The van der Waals surface area contributed by atoms with Gasteiger partial charge in [0.1, 0.15) is 0 Å². The van der Waals surface area contributed by atoms with Crippen LogP contribution in [0.2, 0.25) is 0 Å². The molecule has 0 amide bonds. The van der Waals surface area contributed by atoms with Gasteiger partial charge < -0.3 is 11.1 Å². The fourth-order valence-corrected chi connectivity index (χ4v) is 1.50. The van der Waals surface area contributed by atoms with E-state index >= 15 is 0 Å². The van der Waals surface area contributed by atoms with Crippen LogP contribution < -0.4 is 11.1 Å². The third-order valence-corrected chi connectivity index (χ3v) is 3.89. The molecule has 3 N–H and O–H groups in total. The molecule has 1 rings (SSSR count). The molecule has 0 heterocycles. The molecule has 1 aromatic rings. The van der Waals surface area contributed by atoms with Gasteiger partial charge in [0.15, 0.2) is 0 Å². The van der Waals surface area contributed by atoms with Gasteiger partial charge in [-0.1, -0.05) is 0 Å². The van der Waals surface area contributed by atoms with Crippen LogP contribution in [0.4, 0.5) is 24.5 Å². The van der Waals surface area contributed by atoms with E-state index in [-0.39, 0.29) is 10.4 Å². The number of benzene rings is 1. The summed E-state index contributed by atoms with van der Waals surface area (Å²) in [6.45, 7) is 4.72. The summed E-state index contributed by atoms with van der Waals surface area (Å²) in [4.78, 5) is 0. The first-order valence-electron chi connectivity index (χ1n) is 5.41. The van der Waals surface area contributed by atoms with Crippen molar-refractivity contribution in [2.24, 2.45) is 0 Å². The maximum Gasteiger partial charge on any atom is 0.416 e. The minimum Gasteiger partial charge on any atom is -0.397 e. The maximum absolute atomic E-state index is 12.4. The normalized spacial score (nSPS) is 12.6. The molecule has 0 unspecified atom stereocenters. The van der Waals surface area contributed by atoms with Crippen molar-refractivity contribution in [3.63, 3.8) is 0 Å². The van der Waals surface area contributed by atoms with Gasteiger partial charge in [-0.2, -0.15) is 24.9 Å². The highest BCUT2D eigenvalue weighted by atomic mass is 32.2. The molecule has 2 nitrogen and oxygen atoms in total. The van der Waals surface area contributed by atoms with Gasteiger partial charge in [0, 0.05) is 11.3 Å². The van der Waals surface area contributed by atoms with Gasteiger partial charge in [-0.25, -0.2) is 0 Å². The fourth-order valence-electron chi connectivity index (χ4n) is 1.28. The molecule has 1 aromatic carbocycles. The molecule has 0 aliphatic rings. The van der Waals surface area contributed by atoms with Crippen molar-refractivity contribution in [3.8, 4) is 0 Å². The second-order valence-electron chi connectivity index (χ2n) is 4.62. The minimum atomic E-state index is -4.36. The summed E-state index contributed by atoms with van der Waals surface area (Å²) in [5.74, 6) is 0. The Kier molecular flexibility index (Phi) is 4.42. The molecule has 0 aliphatic carbocycles. The van der Waals surface area contributed by atoms with E-state index in [1.807, 2.05) is 20.1 Å². The van der Waals surface area contributed by atoms with E-state index in [0.29, 0.717) is 12.2 Å². The highest BCUT2D eigenvalue weighted by molar-refractivity contribution is 7.99. The van der Waals surface area contributed by atoms with Gasteiger partial charge in [-0.3, -0.25) is 0 Å². The van der Waals surface area contributed by atoms with Crippen molar-refractivity contribution in [2.45, 2.75) is 24.8 Å². The van der Waals surface area contributed by atoms with Crippen LogP contribution >= 0.6 is 11.8 Å². The molecular formula is C12H17F3N2S. The Labute approximate surface area is 109 Å². The summed E-state index contributed by atoms with van der Waals surface area (Å²) >= 11 is 1.68. The first kappa shape index (κ1) is 15.0. The van der Waals surface area contributed by atoms with Crippen molar-refractivity contribution < 1.29 is 13.2 Å². The lowest BCUT2D eigenvalue weighted by Gasteiger charge is -2.23. The Morgan fingerprint density at radius 1 is 1.28 bits per heavy atom. The SMILES string of the molecule is CSC(C)(C)CNc1ccc(C(F)(F)F)cc1N. The van der Waals surface area contributed by atoms with Crippen molar-refractivity contribution in [2.75, 3.05) is 23.9 Å². The zero-order valence-corrected chi connectivity index (χ0v) is 11.4. The second kappa shape index (κ2) is 5.30. The topological polar surface area (TPSA) is 38.0 Å². The summed E-state index contributed by atoms with van der Waals surface area (Å²) in [6.07, 6.45) is -2.37. The van der Waals surface area contributed by atoms with Gasteiger partial charge in [0.05, 0.1) is 16.9 Å². The predicted molar refractivity (Wildman–Crippen MR) is 71.9 cm³/mol. The molecule has 0 radical (unpaired) electrons. The highest BCUT2D eigenvalue weighted by Crippen LogP contribution is 2.33. The highest BCUT2D eigenvalue weighted by Gasteiger charge is 2.30. The predicted octanol–water partition coefficient (Wildman–Crippen LogP) is 3.84. The average Bonchev–Trinajstić information content (AvgIpc) is 2.26. The monoisotopic (exact) mass is 278 g/mol. The molecule has 0 aliphatic heterocycles.